The lowest BCUT2D eigenvalue weighted by Crippen LogP contribution is -2.37. The highest BCUT2D eigenvalue weighted by Crippen LogP contribution is 2.26. The molecule has 2 rings (SSSR count). The van der Waals surface area contributed by atoms with Crippen molar-refractivity contribution in [1.82, 2.24) is 20.2 Å². The van der Waals surface area contributed by atoms with Crippen LogP contribution in [-0.4, -0.2) is 22.1 Å². The molecule has 1 atom stereocenters. The van der Waals surface area contributed by atoms with Gasteiger partial charge in [0.1, 0.15) is 5.82 Å². The molecule has 0 fully saturated rings. The van der Waals surface area contributed by atoms with Gasteiger partial charge in [-0.1, -0.05) is 11.6 Å². The highest BCUT2D eigenvalue weighted by atomic mass is 35.5. The Bertz CT molecular complexity index is 610. The predicted octanol–water partition coefficient (Wildman–Crippen LogP) is 3.75. The molecule has 120 valence electrons. The van der Waals surface area contributed by atoms with Crippen molar-refractivity contribution in [3.8, 4) is 0 Å². The van der Waals surface area contributed by atoms with Crippen molar-refractivity contribution >= 4 is 29.0 Å². The Morgan fingerprint density at radius 2 is 2.27 bits per heavy atom. The zero-order valence-corrected chi connectivity index (χ0v) is 14.4. The maximum atomic E-state index is 11.8. The summed E-state index contributed by atoms with van der Waals surface area (Å²) in [6, 6.07) is 3.60. The van der Waals surface area contributed by atoms with E-state index >= 15 is 0 Å². The molecule has 2 aromatic heterocycles. The molecular weight excluding hydrogens is 320 g/mol. The van der Waals surface area contributed by atoms with E-state index in [4.69, 9.17) is 11.6 Å². The quantitative estimate of drug-likeness (QED) is 0.754. The molecule has 0 unspecified atom stereocenters. The van der Waals surface area contributed by atoms with E-state index < -0.39 is 0 Å². The molecule has 2 N–H and O–H groups in total. The zero-order chi connectivity index (χ0) is 15.9. The Morgan fingerprint density at radius 3 is 2.91 bits per heavy atom. The zero-order valence-electron chi connectivity index (χ0n) is 12.8. The number of hydrogen-bond donors (Lipinski definition) is 2. The molecule has 5 nitrogen and oxygen atoms in total. The number of urea groups is 1. The number of aryl methyl sites for hydroxylation is 2. The van der Waals surface area contributed by atoms with E-state index in [9.17, 15) is 4.79 Å². The van der Waals surface area contributed by atoms with Crippen molar-refractivity contribution in [1.29, 1.82) is 0 Å². The van der Waals surface area contributed by atoms with E-state index in [1.54, 1.807) is 6.20 Å². The van der Waals surface area contributed by atoms with E-state index in [-0.39, 0.29) is 12.1 Å². The monoisotopic (exact) mass is 340 g/mol. The Kier molecular flexibility index (Phi) is 6.27. The van der Waals surface area contributed by atoms with Crippen LogP contribution in [0.3, 0.4) is 0 Å². The van der Waals surface area contributed by atoms with Crippen LogP contribution in [-0.2, 0) is 6.54 Å². The van der Waals surface area contributed by atoms with Crippen LogP contribution >= 0.6 is 22.9 Å². The smallest absolute Gasteiger partial charge is 0.315 e. The maximum Gasteiger partial charge on any atom is 0.315 e. The standard InChI is InChI=1S/C15H21ClN4OS/c1-11(13-5-6-14(16)22-13)19-15(21)18-7-3-4-9-20-10-8-17-12(20)2/h5-6,8,10-11H,3-4,7,9H2,1-2H3,(H2,18,19,21)/t11-/m0/s1. The molecule has 0 saturated carbocycles. The van der Waals surface area contributed by atoms with Gasteiger partial charge in [-0.05, 0) is 38.8 Å². The fraction of sp³-hybridized carbons (Fsp3) is 0.467. The van der Waals surface area contributed by atoms with E-state index in [1.807, 2.05) is 32.2 Å². The molecular formula is C15H21ClN4OS. The molecule has 0 bridgehead atoms. The van der Waals surface area contributed by atoms with Gasteiger partial charge >= 0.3 is 6.03 Å². The number of thiophene rings is 1. The van der Waals surface area contributed by atoms with Gasteiger partial charge in [-0.2, -0.15) is 0 Å². The molecule has 2 heterocycles. The maximum absolute atomic E-state index is 11.8. The first-order valence-corrected chi connectivity index (χ1v) is 8.53. The molecule has 2 amide bonds. The van der Waals surface area contributed by atoms with Gasteiger partial charge in [0, 0.05) is 30.4 Å². The topological polar surface area (TPSA) is 59.0 Å². The fourth-order valence-corrected chi connectivity index (χ4v) is 3.19. The molecule has 2 aromatic rings. The Labute approximate surface area is 139 Å². The number of halogens is 1. The molecule has 0 aliphatic heterocycles. The lowest BCUT2D eigenvalue weighted by molar-refractivity contribution is 0.238. The number of nitrogens with zero attached hydrogens (tertiary/aromatic N) is 2. The number of carbonyl (C=O) groups is 1. The van der Waals surface area contributed by atoms with Crippen molar-refractivity contribution in [2.75, 3.05) is 6.54 Å². The number of rotatable bonds is 7. The number of aromatic nitrogens is 2. The van der Waals surface area contributed by atoms with Crippen LogP contribution in [0.1, 0.15) is 36.5 Å². The average Bonchev–Trinajstić information content (AvgIpc) is 3.07. The summed E-state index contributed by atoms with van der Waals surface area (Å²) in [5.41, 5.74) is 0. The van der Waals surface area contributed by atoms with Gasteiger partial charge < -0.3 is 15.2 Å². The van der Waals surface area contributed by atoms with Crippen molar-refractivity contribution < 1.29 is 4.79 Å². The Morgan fingerprint density at radius 1 is 1.45 bits per heavy atom. The number of hydrogen-bond acceptors (Lipinski definition) is 3. The first-order valence-electron chi connectivity index (χ1n) is 7.33. The van der Waals surface area contributed by atoms with Gasteiger partial charge in [-0.15, -0.1) is 11.3 Å². The second kappa shape index (κ2) is 8.19. The third kappa shape index (κ3) is 5.03. The second-order valence-corrected chi connectivity index (χ2v) is 6.89. The summed E-state index contributed by atoms with van der Waals surface area (Å²) in [7, 11) is 0. The van der Waals surface area contributed by atoms with Crippen molar-refractivity contribution in [3.05, 3.63) is 39.6 Å². The van der Waals surface area contributed by atoms with Crippen LogP contribution in [0.2, 0.25) is 4.34 Å². The van der Waals surface area contributed by atoms with Gasteiger partial charge in [0.2, 0.25) is 0 Å². The van der Waals surface area contributed by atoms with E-state index in [0.717, 1.165) is 34.4 Å². The molecule has 0 aliphatic carbocycles. The van der Waals surface area contributed by atoms with Crippen LogP contribution in [0.25, 0.3) is 0 Å². The third-order valence-electron chi connectivity index (χ3n) is 3.40. The Balaban J connectivity index is 1.60. The summed E-state index contributed by atoms with van der Waals surface area (Å²) >= 11 is 7.38. The number of unbranched alkanes of at least 4 members (excludes halogenated alkanes) is 1. The van der Waals surface area contributed by atoms with Crippen LogP contribution < -0.4 is 10.6 Å². The van der Waals surface area contributed by atoms with E-state index in [2.05, 4.69) is 20.2 Å². The van der Waals surface area contributed by atoms with Crippen LogP contribution in [0.15, 0.2) is 24.5 Å². The van der Waals surface area contributed by atoms with Crippen LogP contribution in [0.5, 0.6) is 0 Å². The van der Waals surface area contributed by atoms with Gasteiger partial charge in [-0.25, -0.2) is 9.78 Å². The van der Waals surface area contributed by atoms with Crippen LogP contribution in [0.4, 0.5) is 4.79 Å². The lowest BCUT2D eigenvalue weighted by Gasteiger charge is -2.13. The third-order valence-corrected chi connectivity index (χ3v) is 4.82. The van der Waals surface area contributed by atoms with Gasteiger partial charge in [0.05, 0.1) is 10.4 Å². The van der Waals surface area contributed by atoms with E-state index in [0.29, 0.717) is 6.54 Å². The fourth-order valence-electron chi connectivity index (χ4n) is 2.13. The van der Waals surface area contributed by atoms with Crippen molar-refractivity contribution in [3.63, 3.8) is 0 Å². The van der Waals surface area contributed by atoms with Gasteiger partial charge in [-0.3, -0.25) is 0 Å². The second-order valence-electron chi connectivity index (χ2n) is 5.14. The molecule has 0 radical (unpaired) electrons. The molecule has 0 aliphatic rings. The minimum atomic E-state index is -0.143. The first kappa shape index (κ1) is 16.8. The highest BCUT2D eigenvalue weighted by Gasteiger charge is 2.10. The minimum absolute atomic E-state index is 0.0360. The lowest BCUT2D eigenvalue weighted by atomic mass is 10.3. The summed E-state index contributed by atoms with van der Waals surface area (Å²) in [6.45, 7) is 5.53. The number of imidazole rings is 1. The molecule has 22 heavy (non-hydrogen) atoms. The summed E-state index contributed by atoms with van der Waals surface area (Å²) in [5.74, 6) is 1.02. The minimum Gasteiger partial charge on any atom is -0.338 e. The van der Waals surface area contributed by atoms with Gasteiger partial charge in [0.25, 0.3) is 0 Å². The summed E-state index contributed by atoms with van der Waals surface area (Å²) in [4.78, 5) is 17.0. The SMILES string of the molecule is Cc1nccn1CCCCNC(=O)N[C@@H](C)c1ccc(Cl)s1. The molecule has 0 saturated heterocycles. The summed E-state index contributed by atoms with van der Waals surface area (Å²) in [5, 5.41) is 5.79. The normalized spacial score (nSPS) is 12.1. The van der Waals surface area contributed by atoms with Gasteiger partial charge in [0.15, 0.2) is 0 Å². The first-order chi connectivity index (χ1) is 10.6. The molecule has 7 heteroatoms. The number of carbonyl (C=O) groups excluding carboxylic acids is 1. The van der Waals surface area contributed by atoms with Crippen molar-refractivity contribution in [2.24, 2.45) is 0 Å². The van der Waals surface area contributed by atoms with E-state index in [1.165, 1.54) is 11.3 Å². The molecule has 0 spiro atoms. The number of amides is 2. The Hall–Kier alpha value is -1.53. The predicted molar refractivity (Wildman–Crippen MR) is 90.5 cm³/mol. The van der Waals surface area contributed by atoms with Crippen LogP contribution in [0, 0.1) is 6.92 Å². The summed E-state index contributed by atoms with van der Waals surface area (Å²) in [6.07, 6.45) is 5.72. The number of nitrogens with one attached hydrogen (secondary N) is 2. The largest absolute Gasteiger partial charge is 0.338 e. The average molecular weight is 341 g/mol. The highest BCUT2D eigenvalue weighted by molar-refractivity contribution is 7.16. The molecule has 0 aromatic carbocycles. The van der Waals surface area contributed by atoms with Crippen molar-refractivity contribution in [2.45, 2.75) is 39.3 Å². The summed E-state index contributed by atoms with van der Waals surface area (Å²) < 4.78 is 2.85.